The summed E-state index contributed by atoms with van der Waals surface area (Å²) in [6.07, 6.45) is -3.69. The van der Waals surface area contributed by atoms with Crippen molar-refractivity contribution in [2.75, 3.05) is 6.54 Å². The second-order valence-electron chi connectivity index (χ2n) is 4.39. The largest absolute Gasteiger partial charge is 0.450 e. The number of aromatic nitrogens is 1. The highest BCUT2D eigenvalue weighted by molar-refractivity contribution is 5.53. The molecular weight excluding hydrogens is 257 g/mol. The summed E-state index contributed by atoms with van der Waals surface area (Å²) in [6, 6.07) is 5.79. The van der Waals surface area contributed by atoms with Gasteiger partial charge in [-0.1, -0.05) is 6.07 Å². The molecule has 1 aliphatic rings. The van der Waals surface area contributed by atoms with E-state index < -0.39 is 11.9 Å². The summed E-state index contributed by atoms with van der Waals surface area (Å²) in [5, 5.41) is 3.21. The van der Waals surface area contributed by atoms with E-state index in [1.54, 1.807) is 6.07 Å². The van der Waals surface area contributed by atoms with E-state index in [2.05, 4.69) is 10.3 Å². The van der Waals surface area contributed by atoms with E-state index in [0.29, 0.717) is 5.69 Å². The number of hydrogen-bond acceptors (Lipinski definition) is 3. The topological polar surface area (TPSA) is 38.1 Å². The summed E-state index contributed by atoms with van der Waals surface area (Å²) in [7, 11) is 0. The molecule has 0 saturated heterocycles. The molecule has 0 aromatic carbocycles. The third-order valence-corrected chi connectivity index (χ3v) is 3.06. The van der Waals surface area contributed by atoms with Gasteiger partial charge in [0, 0.05) is 25.2 Å². The van der Waals surface area contributed by atoms with Crippen LogP contribution in [0.4, 0.5) is 13.2 Å². The highest BCUT2D eigenvalue weighted by Gasteiger charge is 2.35. The molecule has 0 spiro atoms. The molecule has 0 fully saturated rings. The molecule has 0 amide bonds. The molecule has 0 bridgehead atoms. The van der Waals surface area contributed by atoms with Crippen molar-refractivity contribution >= 4 is 0 Å². The molecule has 0 aliphatic carbocycles. The van der Waals surface area contributed by atoms with Crippen molar-refractivity contribution < 1.29 is 17.6 Å². The number of rotatable bonds is 1. The van der Waals surface area contributed by atoms with E-state index in [9.17, 15) is 13.2 Å². The highest BCUT2D eigenvalue weighted by atomic mass is 19.4. The molecule has 0 saturated carbocycles. The Labute approximate surface area is 107 Å². The Bertz CT molecular complexity index is 604. The lowest BCUT2D eigenvalue weighted by molar-refractivity contribution is -0.152. The van der Waals surface area contributed by atoms with Crippen LogP contribution in [0, 0.1) is 0 Å². The van der Waals surface area contributed by atoms with Gasteiger partial charge in [-0.2, -0.15) is 13.2 Å². The van der Waals surface area contributed by atoms with Crippen LogP contribution < -0.4 is 5.32 Å². The number of nitrogens with one attached hydrogen (secondary N) is 1. The number of nitrogens with zero attached hydrogens (tertiary/aromatic N) is 1. The summed E-state index contributed by atoms with van der Waals surface area (Å²) in [5.74, 6) is -0.850. The second-order valence-corrected chi connectivity index (χ2v) is 4.39. The first-order valence-electron chi connectivity index (χ1n) is 5.91. The lowest BCUT2D eigenvalue weighted by Gasteiger charge is -2.16. The van der Waals surface area contributed by atoms with E-state index in [-0.39, 0.29) is 5.76 Å². The normalized spacial score (nSPS) is 15.3. The number of furan rings is 1. The minimum Gasteiger partial charge on any atom is -0.450 e. The van der Waals surface area contributed by atoms with E-state index in [4.69, 9.17) is 4.42 Å². The zero-order chi connectivity index (χ0) is 13.5. The Morgan fingerprint density at radius 3 is 2.74 bits per heavy atom. The molecular formula is C13H11F3N2O. The third kappa shape index (κ3) is 2.35. The van der Waals surface area contributed by atoms with Crippen LogP contribution in [0.15, 0.2) is 28.7 Å². The first-order valence-corrected chi connectivity index (χ1v) is 5.91. The van der Waals surface area contributed by atoms with E-state index >= 15 is 0 Å². The zero-order valence-electron chi connectivity index (χ0n) is 9.92. The summed E-state index contributed by atoms with van der Waals surface area (Å²) in [5.41, 5.74) is 2.44. The van der Waals surface area contributed by atoms with Crippen LogP contribution in [0.3, 0.4) is 0 Å². The van der Waals surface area contributed by atoms with Crippen molar-refractivity contribution in [2.24, 2.45) is 0 Å². The number of halogens is 3. The van der Waals surface area contributed by atoms with Gasteiger partial charge >= 0.3 is 6.18 Å². The van der Waals surface area contributed by atoms with Crippen molar-refractivity contribution in [1.29, 1.82) is 0 Å². The van der Waals surface area contributed by atoms with Gasteiger partial charge in [-0.15, -0.1) is 0 Å². The standard InChI is InChI=1S/C13H11F3N2O/c14-13(15,16)12-4-3-11(19-12)10-2-1-8-7-17-6-5-9(8)18-10/h1-4,17H,5-7H2. The summed E-state index contributed by atoms with van der Waals surface area (Å²) in [6.45, 7) is 1.57. The smallest absolute Gasteiger partial charge is 0.449 e. The van der Waals surface area contributed by atoms with Crippen molar-refractivity contribution in [2.45, 2.75) is 19.1 Å². The monoisotopic (exact) mass is 268 g/mol. The maximum absolute atomic E-state index is 12.5. The van der Waals surface area contributed by atoms with Crippen molar-refractivity contribution in [3.8, 4) is 11.5 Å². The van der Waals surface area contributed by atoms with Gasteiger partial charge in [-0.05, 0) is 23.8 Å². The van der Waals surface area contributed by atoms with Gasteiger partial charge in [0.25, 0.3) is 0 Å². The zero-order valence-corrected chi connectivity index (χ0v) is 9.92. The number of hydrogen-bond donors (Lipinski definition) is 1. The first-order chi connectivity index (χ1) is 9.04. The predicted molar refractivity (Wildman–Crippen MR) is 62.4 cm³/mol. The van der Waals surface area contributed by atoms with Gasteiger partial charge in [0.05, 0.1) is 0 Å². The summed E-state index contributed by atoms with van der Waals surface area (Å²) >= 11 is 0. The van der Waals surface area contributed by atoms with Crippen LogP contribution in [-0.2, 0) is 19.1 Å². The Hall–Kier alpha value is -1.82. The number of fused-ring (bicyclic) bond motifs is 1. The minimum absolute atomic E-state index is 0.147. The quantitative estimate of drug-likeness (QED) is 0.864. The van der Waals surface area contributed by atoms with Gasteiger partial charge in [0.1, 0.15) is 5.69 Å². The van der Waals surface area contributed by atoms with Gasteiger partial charge < -0.3 is 9.73 Å². The molecule has 100 valence electrons. The Balaban J connectivity index is 1.96. The lowest BCUT2D eigenvalue weighted by atomic mass is 10.1. The molecule has 1 aliphatic heterocycles. The molecule has 3 rings (SSSR count). The van der Waals surface area contributed by atoms with Crippen molar-refractivity contribution in [3.05, 3.63) is 41.3 Å². The highest BCUT2D eigenvalue weighted by Crippen LogP contribution is 2.33. The summed E-state index contributed by atoms with van der Waals surface area (Å²) in [4.78, 5) is 4.38. The van der Waals surface area contributed by atoms with Crippen LogP contribution in [0.1, 0.15) is 17.0 Å². The molecule has 1 N–H and O–H groups in total. The molecule has 3 nitrogen and oxygen atoms in total. The van der Waals surface area contributed by atoms with Gasteiger partial charge in [0.15, 0.2) is 5.76 Å². The molecule has 3 heterocycles. The summed E-state index contributed by atoms with van der Waals surface area (Å²) < 4.78 is 42.2. The Morgan fingerprint density at radius 1 is 1.16 bits per heavy atom. The Morgan fingerprint density at radius 2 is 2.00 bits per heavy atom. The van der Waals surface area contributed by atoms with Crippen LogP contribution in [0.2, 0.25) is 0 Å². The van der Waals surface area contributed by atoms with Gasteiger partial charge in [0.2, 0.25) is 5.76 Å². The van der Waals surface area contributed by atoms with Crippen molar-refractivity contribution in [1.82, 2.24) is 10.3 Å². The first kappa shape index (κ1) is 12.2. The van der Waals surface area contributed by atoms with Crippen molar-refractivity contribution in [3.63, 3.8) is 0 Å². The Kier molecular flexibility index (Phi) is 2.82. The third-order valence-electron chi connectivity index (χ3n) is 3.06. The average molecular weight is 268 g/mol. The maximum Gasteiger partial charge on any atom is 0.449 e. The molecule has 2 aromatic heterocycles. The fraction of sp³-hybridized carbons (Fsp3) is 0.308. The molecule has 19 heavy (non-hydrogen) atoms. The second kappa shape index (κ2) is 4.38. The van der Waals surface area contributed by atoms with E-state index in [0.717, 1.165) is 36.8 Å². The van der Waals surface area contributed by atoms with Crippen LogP contribution in [0.5, 0.6) is 0 Å². The molecule has 0 unspecified atom stereocenters. The number of alkyl halides is 3. The van der Waals surface area contributed by atoms with Crippen LogP contribution in [-0.4, -0.2) is 11.5 Å². The average Bonchev–Trinajstić information content (AvgIpc) is 2.87. The fourth-order valence-corrected chi connectivity index (χ4v) is 2.10. The predicted octanol–water partition coefficient (Wildman–Crippen LogP) is 3.01. The van der Waals surface area contributed by atoms with E-state index in [1.807, 2.05) is 6.07 Å². The van der Waals surface area contributed by atoms with Gasteiger partial charge in [-0.25, -0.2) is 4.98 Å². The van der Waals surface area contributed by atoms with Crippen LogP contribution >= 0.6 is 0 Å². The maximum atomic E-state index is 12.5. The van der Waals surface area contributed by atoms with E-state index in [1.165, 1.54) is 6.07 Å². The molecule has 2 aromatic rings. The molecule has 0 atom stereocenters. The van der Waals surface area contributed by atoms with Gasteiger partial charge in [-0.3, -0.25) is 0 Å². The molecule has 0 radical (unpaired) electrons. The number of pyridine rings is 1. The fourth-order valence-electron chi connectivity index (χ4n) is 2.10. The van der Waals surface area contributed by atoms with Crippen LogP contribution in [0.25, 0.3) is 11.5 Å². The minimum atomic E-state index is -4.46. The lowest BCUT2D eigenvalue weighted by Crippen LogP contribution is -2.24. The molecule has 6 heteroatoms. The SMILES string of the molecule is FC(F)(F)c1ccc(-c2ccc3c(n2)CCNC3)o1.